The molecule has 130 valence electrons. The van der Waals surface area contributed by atoms with E-state index in [1.807, 2.05) is 36.4 Å². The van der Waals surface area contributed by atoms with Gasteiger partial charge in [0.2, 0.25) is 0 Å². The Balaban J connectivity index is 1.90. The SMILES string of the molecule is COc1ccc(-c2ccccc2C(=O)Nc2cccc([N+](=O)[O-])c2)cc1. The number of nitro benzene ring substituents is 1. The van der Waals surface area contributed by atoms with E-state index in [4.69, 9.17) is 4.74 Å². The summed E-state index contributed by atoms with van der Waals surface area (Å²) in [5.74, 6) is 0.393. The van der Waals surface area contributed by atoms with E-state index >= 15 is 0 Å². The first kappa shape index (κ1) is 17.2. The number of hydrogen-bond acceptors (Lipinski definition) is 4. The van der Waals surface area contributed by atoms with Gasteiger partial charge in [0.25, 0.3) is 11.6 Å². The summed E-state index contributed by atoms with van der Waals surface area (Å²) in [6.07, 6.45) is 0. The molecule has 0 aliphatic heterocycles. The number of non-ortho nitro benzene ring substituents is 1. The van der Waals surface area contributed by atoms with Gasteiger partial charge in [-0.2, -0.15) is 0 Å². The van der Waals surface area contributed by atoms with E-state index < -0.39 is 4.92 Å². The summed E-state index contributed by atoms with van der Waals surface area (Å²) < 4.78 is 5.16. The predicted octanol–water partition coefficient (Wildman–Crippen LogP) is 4.52. The van der Waals surface area contributed by atoms with Crippen LogP contribution in [0.5, 0.6) is 5.75 Å². The van der Waals surface area contributed by atoms with Crippen LogP contribution in [0.1, 0.15) is 10.4 Å². The van der Waals surface area contributed by atoms with Gasteiger partial charge < -0.3 is 10.1 Å². The van der Waals surface area contributed by atoms with Crippen LogP contribution in [0.25, 0.3) is 11.1 Å². The number of anilines is 1. The second-order valence-electron chi connectivity index (χ2n) is 5.54. The molecule has 0 aliphatic rings. The Bertz CT molecular complexity index is 952. The predicted molar refractivity (Wildman–Crippen MR) is 99.5 cm³/mol. The Kier molecular flexibility index (Phi) is 4.94. The van der Waals surface area contributed by atoms with Gasteiger partial charge in [0, 0.05) is 23.4 Å². The third-order valence-corrected chi connectivity index (χ3v) is 3.89. The molecule has 0 radical (unpaired) electrons. The van der Waals surface area contributed by atoms with E-state index in [9.17, 15) is 14.9 Å². The minimum Gasteiger partial charge on any atom is -0.497 e. The fourth-order valence-corrected chi connectivity index (χ4v) is 2.60. The van der Waals surface area contributed by atoms with Crippen molar-refractivity contribution in [3.05, 3.63) is 88.5 Å². The summed E-state index contributed by atoms with van der Waals surface area (Å²) in [5.41, 5.74) is 2.40. The molecular formula is C20H16N2O4. The van der Waals surface area contributed by atoms with Crippen molar-refractivity contribution in [2.24, 2.45) is 0 Å². The van der Waals surface area contributed by atoms with Gasteiger partial charge in [-0.3, -0.25) is 14.9 Å². The average molecular weight is 348 g/mol. The van der Waals surface area contributed by atoms with Crippen LogP contribution in [-0.2, 0) is 0 Å². The van der Waals surface area contributed by atoms with Gasteiger partial charge in [0.1, 0.15) is 5.75 Å². The average Bonchev–Trinajstić information content (AvgIpc) is 2.68. The molecule has 0 saturated carbocycles. The summed E-state index contributed by atoms with van der Waals surface area (Å²) in [6.45, 7) is 0. The van der Waals surface area contributed by atoms with Gasteiger partial charge in [-0.05, 0) is 35.4 Å². The van der Waals surface area contributed by atoms with E-state index in [1.165, 1.54) is 18.2 Å². The summed E-state index contributed by atoms with van der Waals surface area (Å²) >= 11 is 0. The number of carbonyl (C=O) groups is 1. The third-order valence-electron chi connectivity index (χ3n) is 3.89. The molecule has 26 heavy (non-hydrogen) atoms. The van der Waals surface area contributed by atoms with Gasteiger partial charge in [-0.15, -0.1) is 0 Å². The van der Waals surface area contributed by atoms with Crippen molar-refractivity contribution in [1.29, 1.82) is 0 Å². The number of benzene rings is 3. The zero-order valence-corrected chi connectivity index (χ0v) is 14.0. The highest BCUT2D eigenvalue weighted by Crippen LogP contribution is 2.27. The van der Waals surface area contributed by atoms with Gasteiger partial charge in [-0.1, -0.05) is 36.4 Å². The zero-order valence-electron chi connectivity index (χ0n) is 14.0. The molecule has 3 aromatic rings. The van der Waals surface area contributed by atoms with Crippen molar-refractivity contribution in [3.63, 3.8) is 0 Å². The number of hydrogen-bond donors (Lipinski definition) is 1. The standard InChI is InChI=1S/C20H16N2O4/c1-26-17-11-9-14(10-12-17)18-7-2-3-8-19(18)20(23)21-15-5-4-6-16(13-15)22(24)25/h2-13H,1H3,(H,21,23). The summed E-state index contributed by atoms with van der Waals surface area (Å²) in [4.78, 5) is 23.1. The van der Waals surface area contributed by atoms with Crippen LogP contribution >= 0.6 is 0 Å². The quantitative estimate of drug-likeness (QED) is 0.543. The number of nitro groups is 1. The van der Waals surface area contributed by atoms with E-state index in [2.05, 4.69) is 5.32 Å². The Morgan fingerprint density at radius 2 is 1.73 bits per heavy atom. The van der Waals surface area contributed by atoms with Gasteiger partial charge in [0.15, 0.2) is 0 Å². The molecule has 1 amide bonds. The summed E-state index contributed by atoms with van der Waals surface area (Å²) in [5, 5.41) is 13.6. The topological polar surface area (TPSA) is 81.5 Å². The number of carbonyl (C=O) groups excluding carboxylic acids is 1. The molecule has 0 unspecified atom stereocenters. The van der Waals surface area contributed by atoms with Crippen molar-refractivity contribution in [3.8, 4) is 16.9 Å². The van der Waals surface area contributed by atoms with Gasteiger partial charge in [-0.25, -0.2) is 0 Å². The molecule has 0 aliphatic carbocycles. The maximum atomic E-state index is 12.7. The van der Waals surface area contributed by atoms with Crippen LogP contribution in [-0.4, -0.2) is 17.9 Å². The second kappa shape index (κ2) is 7.48. The minimum absolute atomic E-state index is 0.0776. The van der Waals surface area contributed by atoms with Crippen LogP contribution in [0.2, 0.25) is 0 Å². The van der Waals surface area contributed by atoms with E-state index in [0.29, 0.717) is 11.3 Å². The Labute approximate surface area is 150 Å². The summed E-state index contributed by atoms with van der Waals surface area (Å²) in [6, 6.07) is 20.4. The Morgan fingerprint density at radius 3 is 2.42 bits per heavy atom. The highest BCUT2D eigenvalue weighted by atomic mass is 16.6. The minimum atomic E-state index is -0.499. The monoisotopic (exact) mass is 348 g/mol. The normalized spacial score (nSPS) is 10.2. The number of amides is 1. The Morgan fingerprint density at radius 1 is 1.00 bits per heavy atom. The first-order valence-corrected chi connectivity index (χ1v) is 7.88. The first-order chi connectivity index (χ1) is 12.6. The number of nitrogens with one attached hydrogen (secondary N) is 1. The van der Waals surface area contributed by atoms with Crippen LogP contribution in [0.3, 0.4) is 0 Å². The smallest absolute Gasteiger partial charge is 0.271 e. The molecule has 0 bridgehead atoms. The lowest BCUT2D eigenvalue weighted by Gasteiger charge is -2.11. The largest absolute Gasteiger partial charge is 0.497 e. The van der Waals surface area contributed by atoms with Crippen LogP contribution in [0, 0.1) is 10.1 Å². The molecular weight excluding hydrogens is 332 g/mol. The number of ether oxygens (including phenoxy) is 1. The lowest BCUT2D eigenvalue weighted by atomic mass is 9.99. The molecule has 3 aromatic carbocycles. The second-order valence-corrected chi connectivity index (χ2v) is 5.54. The van der Waals surface area contributed by atoms with Gasteiger partial charge in [0.05, 0.1) is 12.0 Å². The molecule has 6 heteroatoms. The van der Waals surface area contributed by atoms with Gasteiger partial charge >= 0.3 is 0 Å². The van der Waals surface area contributed by atoms with Crippen LogP contribution in [0.15, 0.2) is 72.8 Å². The number of methoxy groups -OCH3 is 1. The number of rotatable bonds is 5. The molecule has 1 N–H and O–H groups in total. The van der Waals surface area contributed by atoms with Crippen LogP contribution < -0.4 is 10.1 Å². The fourth-order valence-electron chi connectivity index (χ4n) is 2.60. The van der Waals surface area contributed by atoms with Crippen LogP contribution in [0.4, 0.5) is 11.4 Å². The molecule has 0 fully saturated rings. The Hall–Kier alpha value is -3.67. The fraction of sp³-hybridized carbons (Fsp3) is 0.0500. The highest BCUT2D eigenvalue weighted by Gasteiger charge is 2.14. The lowest BCUT2D eigenvalue weighted by molar-refractivity contribution is -0.384. The first-order valence-electron chi connectivity index (χ1n) is 7.88. The zero-order chi connectivity index (χ0) is 18.5. The molecule has 6 nitrogen and oxygen atoms in total. The summed E-state index contributed by atoms with van der Waals surface area (Å²) in [7, 11) is 1.59. The van der Waals surface area contributed by atoms with E-state index in [1.54, 1.807) is 25.3 Å². The van der Waals surface area contributed by atoms with Crippen molar-refractivity contribution < 1.29 is 14.5 Å². The molecule has 0 spiro atoms. The molecule has 0 saturated heterocycles. The third kappa shape index (κ3) is 3.70. The van der Waals surface area contributed by atoms with E-state index in [0.717, 1.165) is 16.9 Å². The maximum absolute atomic E-state index is 12.7. The van der Waals surface area contributed by atoms with E-state index in [-0.39, 0.29) is 11.6 Å². The highest BCUT2D eigenvalue weighted by molar-refractivity contribution is 6.08. The van der Waals surface area contributed by atoms with Crippen molar-refractivity contribution in [1.82, 2.24) is 0 Å². The van der Waals surface area contributed by atoms with Crippen molar-refractivity contribution in [2.75, 3.05) is 12.4 Å². The van der Waals surface area contributed by atoms with Crippen molar-refractivity contribution >= 4 is 17.3 Å². The van der Waals surface area contributed by atoms with Crippen molar-refractivity contribution in [2.45, 2.75) is 0 Å². The molecule has 0 aromatic heterocycles. The lowest BCUT2D eigenvalue weighted by Crippen LogP contribution is -2.13. The maximum Gasteiger partial charge on any atom is 0.271 e. The molecule has 0 atom stereocenters. The molecule has 3 rings (SSSR count). The molecule has 0 heterocycles. The number of nitrogens with zero attached hydrogens (tertiary/aromatic N) is 1.